The molecule has 0 saturated carbocycles. The van der Waals surface area contributed by atoms with Crippen LogP contribution in [-0.2, 0) is 10.0 Å². The number of sulfonamides is 1. The first-order valence-electron chi connectivity index (χ1n) is 5.71. The number of benzene rings is 1. The number of primary sulfonamides is 1. The zero-order chi connectivity index (χ0) is 13.2. The lowest BCUT2D eigenvalue weighted by Crippen LogP contribution is -2.18. The zero-order valence-corrected chi connectivity index (χ0v) is 10.6. The Morgan fingerprint density at radius 3 is 2.83 bits per heavy atom. The highest BCUT2D eigenvalue weighted by Gasteiger charge is 2.14. The first-order valence-corrected chi connectivity index (χ1v) is 7.25. The fraction of sp³-hybridized carbons (Fsp3) is 0.333. The second kappa shape index (κ2) is 5.17. The van der Waals surface area contributed by atoms with Gasteiger partial charge in [-0.2, -0.15) is 0 Å². The molecule has 2 rings (SSSR count). The van der Waals surface area contributed by atoms with E-state index in [1.54, 1.807) is 6.08 Å². The van der Waals surface area contributed by atoms with Crippen molar-refractivity contribution in [2.45, 2.75) is 23.8 Å². The maximum atomic E-state index is 13.2. The lowest BCUT2D eigenvalue weighted by Gasteiger charge is -2.06. The van der Waals surface area contributed by atoms with Crippen LogP contribution in [0, 0.1) is 5.82 Å². The van der Waals surface area contributed by atoms with Crippen LogP contribution in [-0.4, -0.2) is 21.0 Å². The average Bonchev–Trinajstić information content (AvgIpc) is 2.77. The average molecular weight is 270 g/mol. The van der Waals surface area contributed by atoms with E-state index in [1.807, 2.05) is 6.08 Å². The van der Waals surface area contributed by atoms with E-state index in [-0.39, 0.29) is 16.5 Å². The molecule has 1 atom stereocenters. The van der Waals surface area contributed by atoms with Crippen molar-refractivity contribution < 1.29 is 12.8 Å². The van der Waals surface area contributed by atoms with Crippen molar-refractivity contribution in [3.63, 3.8) is 0 Å². The second-order valence-electron chi connectivity index (χ2n) is 4.29. The summed E-state index contributed by atoms with van der Waals surface area (Å²) in [6.07, 6.45) is 5.53. The topological polar surface area (TPSA) is 72.2 Å². The molecule has 0 aromatic heterocycles. The minimum absolute atomic E-state index is 0.0573. The van der Waals surface area contributed by atoms with Gasteiger partial charge in [-0.15, -0.1) is 0 Å². The van der Waals surface area contributed by atoms with Gasteiger partial charge < -0.3 is 5.32 Å². The van der Waals surface area contributed by atoms with Gasteiger partial charge in [0.15, 0.2) is 0 Å². The third-order valence-corrected chi connectivity index (χ3v) is 3.87. The van der Waals surface area contributed by atoms with Crippen LogP contribution >= 0.6 is 0 Å². The van der Waals surface area contributed by atoms with Gasteiger partial charge in [-0.05, 0) is 43.1 Å². The molecule has 3 N–H and O–H groups in total. The minimum Gasteiger partial charge on any atom is -0.311 e. The summed E-state index contributed by atoms with van der Waals surface area (Å²) in [5.41, 5.74) is 0.284. The first-order chi connectivity index (χ1) is 8.47. The molecule has 1 aliphatic rings. The molecule has 98 valence electrons. The van der Waals surface area contributed by atoms with Crippen LogP contribution in [0.25, 0.3) is 6.08 Å². The van der Waals surface area contributed by atoms with Crippen LogP contribution in [0.3, 0.4) is 0 Å². The fourth-order valence-corrected chi connectivity index (χ4v) is 2.72. The van der Waals surface area contributed by atoms with Gasteiger partial charge in [0, 0.05) is 6.04 Å². The molecule has 4 nitrogen and oxygen atoms in total. The molecule has 18 heavy (non-hydrogen) atoms. The van der Waals surface area contributed by atoms with Gasteiger partial charge in [0.25, 0.3) is 0 Å². The Bertz CT molecular complexity index is 563. The summed E-state index contributed by atoms with van der Waals surface area (Å²) in [6, 6.07) is 3.66. The van der Waals surface area contributed by atoms with Crippen molar-refractivity contribution in [1.29, 1.82) is 0 Å². The van der Waals surface area contributed by atoms with Crippen LogP contribution in [0.5, 0.6) is 0 Å². The van der Waals surface area contributed by atoms with E-state index in [4.69, 9.17) is 5.14 Å². The van der Waals surface area contributed by atoms with Gasteiger partial charge >= 0.3 is 0 Å². The van der Waals surface area contributed by atoms with E-state index in [1.165, 1.54) is 12.1 Å². The molecule has 0 radical (unpaired) electrons. The van der Waals surface area contributed by atoms with Crippen LogP contribution in [0.4, 0.5) is 4.39 Å². The highest BCUT2D eigenvalue weighted by atomic mass is 32.2. The summed E-state index contributed by atoms with van der Waals surface area (Å²) in [6.45, 7) is 0.945. The molecular weight excluding hydrogens is 255 g/mol. The van der Waals surface area contributed by atoms with Crippen molar-refractivity contribution in [2.75, 3.05) is 6.54 Å². The molecule has 1 aliphatic heterocycles. The van der Waals surface area contributed by atoms with Gasteiger partial charge in [0.05, 0.1) is 4.90 Å². The molecule has 1 saturated heterocycles. The molecule has 0 spiro atoms. The van der Waals surface area contributed by atoms with Crippen molar-refractivity contribution in [2.24, 2.45) is 5.14 Å². The van der Waals surface area contributed by atoms with E-state index >= 15 is 0 Å². The molecule has 1 aromatic rings. The van der Waals surface area contributed by atoms with Crippen LogP contribution in [0.15, 0.2) is 29.2 Å². The standard InChI is InChI=1S/C12H15FN2O2S/c13-10-4-6-12(18(14,16)17)9(8-10)3-5-11-2-1-7-15-11/h3-6,8,11,15H,1-2,7H2,(H2,14,16,17)/b5-3-/t11-/m0/s1. The predicted molar refractivity (Wildman–Crippen MR) is 67.8 cm³/mol. The summed E-state index contributed by atoms with van der Waals surface area (Å²) >= 11 is 0. The molecule has 0 unspecified atom stereocenters. The molecular formula is C12H15FN2O2S. The van der Waals surface area contributed by atoms with Crippen molar-refractivity contribution >= 4 is 16.1 Å². The Kier molecular flexibility index (Phi) is 3.79. The lowest BCUT2D eigenvalue weighted by atomic mass is 10.1. The number of rotatable bonds is 3. The maximum absolute atomic E-state index is 13.2. The quantitative estimate of drug-likeness (QED) is 0.868. The van der Waals surface area contributed by atoms with Crippen LogP contribution in [0.1, 0.15) is 18.4 Å². The number of hydrogen-bond donors (Lipinski definition) is 2. The predicted octanol–water partition coefficient (Wildman–Crippen LogP) is 1.24. The smallest absolute Gasteiger partial charge is 0.238 e. The number of halogens is 1. The zero-order valence-electron chi connectivity index (χ0n) is 9.77. The fourth-order valence-electron chi connectivity index (χ4n) is 2.00. The van der Waals surface area contributed by atoms with E-state index in [2.05, 4.69) is 5.32 Å². The Balaban J connectivity index is 2.33. The molecule has 0 aliphatic carbocycles. The van der Waals surface area contributed by atoms with Crippen molar-refractivity contribution in [3.05, 3.63) is 35.7 Å². The lowest BCUT2D eigenvalue weighted by molar-refractivity contribution is 0.596. The molecule has 6 heteroatoms. The van der Waals surface area contributed by atoms with E-state index in [0.717, 1.165) is 25.5 Å². The molecule has 0 amide bonds. The second-order valence-corrected chi connectivity index (χ2v) is 5.82. The molecule has 1 heterocycles. The Labute approximate surface area is 106 Å². The van der Waals surface area contributed by atoms with Crippen molar-refractivity contribution in [3.8, 4) is 0 Å². The highest BCUT2D eigenvalue weighted by Crippen LogP contribution is 2.18. The minimum atomic E-state index is -3.83. The molecule has 0 bridgehead atoms. The SMILES string of the molecule is NS(=O)(=O)c1ccc(F)cc1/C=C\[C@@H]1CCCN1. The summed E-state index contributed by atoms with van der Waals surface area (Å²) in [7, 11) is -3.83. The Morgan fingerprint density at radius 1 is 1.44 bits per heavy atom. The number of nitrogens with one attached hydrogen (secondary N) is 1. The molecule has 1 aromatic carbocycles. The van der Waals surface area contributed by atoms with Gasteiger partial charge in [0.1, 0.15) is 5.82 Å². The largest absolute Gasteiger partial charge is 0.311 e. The summed E-state index contributed by atoms with van der Waals surface area (Å²) in [4.78, 5) is -0.0573. The Hall–Kier alpha value is -1.24. The van der Waals surface area contributed by atoms with Crippen molar-refractivity contribution in [1.82, 2.24) is 5.32 Å². The third-order valence-electron chi connectivity index (χ3n) is 2.88. The third kappa shape index (κ3) is 3.16. The first kappa shape index (κ1) is 13.2. The van der Waals surface area contributed by atoms with Crippen LogP contribution < -0.4 is 10.5 Å². The van der Waals surface area contributed by atoms with Gasteiger partial charge in [-0.3, -0.25) is 0 Å². The van der Waals surface area contributed by atoms with Crippen LogP contribution in [0.2, 0.25) is 0 Å². The van der Waals surface area contributed by atoms with Gasteiger partial charge in [-0.25, -0.2) is 17.9 Å². The molecule has 1 fully saturated rings. The number of nitrogens with two attached hydrogens (primary N) is 1. The van der Waals surface area contributed by atoms with E-state index in [0.29, 0.717) is 0 Å². The van der Waals surface area contributed by atoms with E-state index in [9.17, 15) is 12.8 Å². The number of hydrogen-bond acceptors (Lipinski definition) is 3. The van der Waals surface area contributed by atoms with E-state index < -0.39 is 15.8 Å². The monoisotopic (exact) mass is 270 g/mol. The normalized spacial score (nSPS) is 20.7. The Morgan fingerprint density at radius 2 is 2.22 bits per heavy atom. The highest BCUT2D eigenvalue weighted by molar-refractivity contribution is 7.89. The summed E-state index contributed by atoms with van der Waals surface area (Å²) in [5.74, 6) is -0.485. The maximum Gasteiger partial charge on any atom is 0.238 e. The summed E-state index contributed by atoms with van der Waals surface area (Å²) in [5, 5.41) is 8.33. The van der Waals surface area contributed by atoms with Gasteiger partial charge in [0.2, 0.25) is 10.0 Å². The summed E-state index contributed by atoms with van der Waals surface area (Å²) < 4.78 is 35.9. The van der Waals surface area contributed by atoms with Gasteiger partial charge in [-0.1, -0.05) is 12.2 Å².